The molecule has 2 N–H and O–H groups in total. The maximum Gasteiger partial charge on any atom is 0.306 e. The standard InChI is InChI=1S/C13H20N2O4S2/c1-2-10-5-8-20-12(10)9-14-21(18,19)15-6-3-11(4-7-15)13(16)17/h5,8,11,14H,2-4,6-7,9H2,1H3,(H,16,17). The second-order valence-electron chi connectivity index (χ2n) is 5.06. The van der Waals surface area contributed by atoms with Crippen molar-refractivity contribution in [1.82, 2.24) is 9.03 Å². The molecule has 0 saturated carbocycles. The van der Waals surface area contributed by atoms with Crippen molar-refractivity contribution in [3.63, 3.8) is 0 Å². The quantitative estimate of drug-likeness (QED) is 0.825. The second-order valence-corrected chi connectivity index (χ2v) is 7.82. The van der Waals surface area contributed by atoms with E-state index in [9.17, 15) is 13.2 Å². The van der Waals surface area contributed by atoms with E-state index in [4.69, 9.17) is 5.11 Å². The fourth-order valence-electron chi connectivity index (χ4n) is 2.43. The first-order valence-electron chi connectivity index (χ1n) is 6.96. The molecule has 1 aliphatic rings. The number of carboxylic acids is 1. The lowest BCUT2D eigenvalue weighted by Crippen LogP contribution is -2.45. The van der Waals surface area contributed by atoms with Crippen LogP contribution in [-0.2, 0) is 28.0 Å². The van der Waals surface area contributed by atoms with E-state index in [2.05, 4.69) is 4.72 Å². The number of nitrogens with one attached hydrogen (secondary N) is 1. The average Bonchev–Trinajstić information content (AvgIpc) is 2.93. The van der Waals surface area contributed by atoms with Crippen LogP contribution in [0.5, 0.6) is 0 Å². The van der Waals surface area contributed by atoms with Crippen molar-refractivity contribution in [3.05, 3.63) is 21.9 Å². The third kappa shape index (κ3) is 4.03. The molecule has 0 aromatic carbocycles. The van der Waals surface area contributed by atoms with E-state index in [1.54, 1.807) is 11.3 Å². The Bertz CT molecular complexity index is 589. The Hall–Kier alpha value is -0.960. The first-order valence-corrected chi connectivity index (χ1v) is 9.28. The van der Waals surface area contributed by atoms with Gasteiger partial charge >= 0.3 is 5.97 Å². The zero-order valence-corrected chi connectivity index (χ0v) is 13.5. The number of aliphatic carboxylic acids is 1. The van der Waals surface area contributed by atoms with Crippen molar-refractivity contribution in [1.29, 1.82) is 0 Å². The molecule has 0 bridgehead atoms. The summed E-state index contributed by atoms with van der Waals surface area (Å²) in [4.78, 5) is 11.9. The van der Waals surface area contributed by atoms with Crippen molar-refractivity contribution >= 4 is 27.5 Å². The zero-order valence-electron chi connectivity index (χ0n) is 11.9. The van der Waals surface area contributed by atoms with Crippen molar-refractivity contribution in [2.45, 2.75) is 32.7 Å². The molecule has 1 saturated heterocycles. The smallest absolute Gasteiger partial charge is 0.306 e. The Morgan fingerprint density at radius 1 is 1.48 bits per heavy atom. The Kier molecular flexibility index (Phi) is 5.37. The first kappa shape index (κ1) is 16.4. The first-order chi connectivity index (χ1) is 9.94. The normalized spacial score (nSPS) is 18.0. The number of rotatable bonds is 6. The molecule has 0 radical (unpaired) electrons. The lowest BCUT2D eigenvalue weighted by molar-refractivity contribution is -0.142. The third-order valence-corrected chi connectivity index (χ3v) is 6.29. The summed E-state index contributed by atoms with van der Waals surface area (Å²) in [6, 6.07) is 2.01. The molecule has 0 spiro atoms. The molecule has 1 aromatic rings. The fourth-order valence-corrected chi connectivity index (χ4v) is 4.64. The number of nitrogens with zero attached hydrogens (tertiary/aromatic N) is 1. The van der Waals surface area contributed by atoms with Gasteiger partial charge in [0.15, 0.2) is 0 Å². The summed E-state index contributed by atoms with van der Waals surface area (Å²) in [5, 5.41) is 10.9. The Morgan fingerprint density at radius 3 is 2.71 bits per heavy atom. The van der Waals surface area contributed by atoms with Crippen LogP contribution in [0, 0.1) is 5.92 Å². The summed E-state index contributed by atoms with van der Waals surface area (Å²) < 4.78 is 28.4. The molecule has 2 rings (SSSR count). The van der Waals surface area contributed by atoms with E-state index in [1.165, 1.54) is 4.31 Å². The van der Waals surface area contributed by atoms with E-state index >= 15 is 0 Å². The molecule has 0 atom stereocenters. The lowest BCUT2D eigenvalue weighted by atomic mass is 9.99. The minimum absolute atomic E-state index is 0.261. The van der Waals surface area contributed by atoms with Gasteiger partial charge in [0.25, 0.3) is 10.2 Å². The number of hydrogen-bond donors (Lipinski definition) is 2. The van der Waals surface area contributed by atoms with E-state index < -0.39 is 22.1 Å². The van der Waals surface area contributed by atoms with E-state index in [-0.39, 0.29) is 13.1 Å². The molecule has 2 heterocycles. The van der Waals surface area contributed by atoms with Gasteiger partial charge < -0.3 is 5.11 Å². The highest BCUT2D eigenvalue weighted by molar-refractivity contribution is 7.87. The van der Waals surface area contributed by atoms with Crippen LogP contribution in [-0.4, -0.2) is 36.9 Å². The summed E-state index contributed by atoms with van der Waals surface area (Å²) in [6.45, 7) is 2.85. The van der Waals surface area contributed by atoms with Crippen LogP contribution >= 0.6 is 11.3 Å². The van der Waals surface area contributed by atoms with Crippen molar-refractivity contribution in [3.8, 4) is 0 Å². The Labute approximate surface area is 129 Å². The van der Waals surface area contributed by atoms with Crippen molar-refractivity contribution in [2.75, 3.05) is 13.1 Å². The van der Waals surface area contributed by atoms with E-state index in [0.29, 0.717) is 19.4 Å². The van der Waals surface area contributed by atoms with Crippen molar-refractivity contribution < 1.29 is 18.3 Å². The maximum atomic E-state index is 12.2. The topological polar surface area (TPSA) is 86.7 Å². The predicted octanol–water partition coefficient (Wildman–Crippen LogP) is 1.44. The molecule has 1 fully saturated rings. The fraction of sp³-hybridized carbons (Fsp3) is 0.615. The van der Waals surface area contributed by atoms with Gasteiger partial charge in [-0.1, -0.05) is 6.92 Å². The van der Waals surface area contributed by atoms with Crippen LogP contribution in [0.2, 0.25) is 0 Å². The highest BCUT2D eigenvalue weighted by atomic mass is 32.2. The molecular formula is C13H20N2O4S2. The molecule has 1 aliphatic heterocycles. The Balaban J connectivity index is 1.92. The number of carboxylic acid groups (broad SMARTS) is 1. The predicted molar refractivity (Wildman–Crippen MR) is 81.4 cm³/mol. The number of hydrogen-bond acceptors (Lipinski definition) is 4. The van der Waals surface area contributed by atoms with Crippen LogP contribution in [0.15, 0.2) is 11.4 Å². The monoisotopic (exact) mass is 332 g/mol. The van der Waals surface area contributed by atoms with E-state index in [0.717, 1.165) is 16.9 Å². The summed E-state index contributed by atoms with van der Waals surface area (Å²) >= 11 is 1.54. The average molecular weight is 332 g/mol. The van der Waals surface area contributed by atoms with Gasteiger partial charge in [-0.05, 0) is 36.3 Å². The molecule has 21 heavy (non-hydrogen) atoms. The molecule has 0 unspecified atom stereocenters. The molecule has 8 heteroatoms. The van der Waals surface area contributed by atoms with Gasteiger partial charge in [0.2, 0.25) is 0 Å². The van der Waals surface area contributed by atoms with Crippen LogP contribution in [0.25, 0.3) is 0 Å². The Morgan fingerprint density at radius 2 is 2.14 bits per heavy atom. The van der Waals surface area contributed by atoms with Gasteiger partial charge in [0.1, 0.15) is 0 Å². The van der Waals surface area contributed by atoms with Crippen LogP contribution in [0.1, 0.15) is 30.2 Å². The zero-order chi connectivity index (χ0) is 15.5. The number of carbonyl (C=O) groups is 1. The van der Waals surface area contributed by atoms with E-state index in [1.807, 2.05) is 18.4 Å². The highest BCUT2D eigenvalue weighted by Crippen LogP contribution is 2.21. The van der Waals surface area contributed by atoms with Crippen LogP contribution in [0.4, 0.5) is 0 Å². The minimum Gasteiger partial charge on any atom is -0.481 e. The SMILES string of the molecule is CCc1ccsc1CNS(=O)(=O)N1CCC(C(=O)O)CC1. The maximum absolute atomic E-state index is 12.2. The van der Waals surface area contributed by atoms with Gasteiger partial charge in [-0.25, -0.2) is 0 Å². The molecule has 0 aliphatic carbocycles. The molecule has 118 valence electrons. The minimum atomic E-state index is -3.54. The summed E-state index contributed by atoms with van der Waals surface area (Å²) in [5.41, 5.74) is 1.16. The third-order valence-electron chi connectivity index (χ3n) is 3.78. The molecule has 0 amide bonds. The summed E-state index contributed by atoms with van der Waals surface area (Å²) in [6.07, 6.45) is 1.62. The van der Waals surface area contributed by atoms with Crippen LogP contribution < -0.4 is 4.72 Å². The van der Waals surface area contributed by atoms with Gasteiger partial charge in [-0.15, -0.1) is 11.3 Å². The number of aryl methyl sites for hydroxylation is 1. The van der Waals surface area contributed by atoms with Gasteiger partial charge in [0, 0.05) is 24.5 Å². The molecule has 1 aromatic heterocycles. The number of piperidine rings is 1. The number of thiophene rings is 1. The molecular weight excluding hydrogens is 312 g/mol. The van der Waals surface area contributed by atoms with Gasteiger partial charge in [-0.2, -0.15) is 17.4 Å². The largest absolute Gasteiger partial charge is 0.481 e. The summed E-state index contributed by atoms with van der Waals surface area (Å²) in [7, 11) is -3.54. The van der Waals surface area contributed by atoms with Crippen LogP contribution in [0.3, 0.4) is 0 Å². The highest BCUT2D eigenvalue weighted by Gasteiger charge is 2.30. The van der Waals surface area contributed by atoms with Crippen molar-refractivity contribution in [2.24, 2.45) is 5.92 Å². The lowest BCUT2D eigenvalue weighted by Gasteiger charge is -2.29. The summed E-state index contributed by atoms with van der Waals surface area (Å²) in [5.74, 6) is -1.27. The molecule has 6 nitrogen and oxygen atoms in total. The van der Waals surface area contributed by atoms with Gasteiger partial charge in [0.05, 0.1) is 5.92 Å². The second kappa shape index (κ2) is 6.87. The van der Waals surface area contributed by atoms with Gasteiger partial charge in [-0.3, -0.25) is 4.79 Å².